The van der Waals surface area contributed by atoms with Crippen molar-refractivity contribution in [1.29, 1.82) is 0 Å². The van der Waals surface area contributed by atoms with Gasteiger partial charge in [-0.05, 0) is 62.7 Å². The van der Waals surface area contributed by atoms with Gasteiger partial charge < -0.3 is 10.1 Å². The molecule has 1 fully saturated rings. The zero-order valence-corrected chi connectivity index (χ0v) is 20.1. The van der Waals surface area contributed by atoms with Gasteiger partial charge in [0.1, 0.15) is 0 Å². The molecule has 1 aromatic rings. The van der Waals surface area contributed by atoms with Gasteiger partial charge in [0.15, 0.2) is 5.78 Å². The number of carbonyl (C=O) groups is 2. The summed E-state index contributed by atoms with van der Waals surface area (Å²) in [6.07, 6.45) is 13.1. The molecule has 3 rings (SSSR count). The molecular formula is C25H34N2O5S. The lowest BCUT2D eigenvalue weighted by Crippen LogP contribution is -2.51. The van der Waals surface area contributed by atoms with Crippen molar-refractivity contribution in [1.82, 2.24) is 9.62 Å². The topological polar surface area (TPSA) is 92.8 Å². The third-order valence-electron chi connectivity index (χ3n) is 6.64. The van der Waals surface area contributed by atoms with E-state index in [2.05, 4.69) is 22.2 Å². The molecule has 0 aromatic heterocycles. The van der Waals surface area contributed by atoms with Gasteiger partial charge in [-0.3, -0.25) is 4.79 Å². The predicted molar refractivity (Wildman–Crippen MR) is 127 cm³/mol. The van der Waals surface area contributed by atoms with Crippen LogP contribution in [0.5, 0.6) is 0 Å². The Morgan fingerprint density at radius 1 is 1.21 bits per heavy atom. The Labute approximate surface area is 196 Å². The zero-order valence-electron chi connectivity index (χ0n) is 19.2. The number of fused-ring (bicyclic) bond motifs is 1. The molecule has 180 valence electrons. The van der Waals surface area contributed by atoms with Crippen molar-refractivity contribution in [3.05, 3.63) is 54.6 Å². The first kappa shape index (κ1) is 25.2. The van der Waals surface area contributed by atoms with Crippen LogP contribution < -0.4 is 5.32 Å². The molecule has 0 radical (unpaired) electrons. The minimum absolute atomic E-state index is 0.131. The van der Waals surface area contributed by atoms with Crippen molar-refractivity contribution in [2.45, 2.75) is 49.8 Å². The quantitative estimate of drug-likeness (QED) is 0.408. The summed E-state index contributed by atoms with van der Waals surface area (Å²) in [5.74, 6) is 0.307. The number of hydrogen-bond donors (Lipinski definition) is 1. The second kappa shape index (κ2) is 11.6. The normalized spacial score (nSPS) is 23.4. The first-order valence-corrected chi connectivity index (χ1v) is 13.1. The van der Waals surface area contributed by atoms with Gasteiger partial charge in [-0.15, -0.1) is 0 Å². The lowest BCUT2D eigenvalue weighted by atomic mass is 9.64. The van der Waals surface area contributed by atoms with E-state index in [9.17, 15) is 18.0 Å². The molecule has 1 amide bonds. The Bertz CT molecular complexity index is 974. The summed E-state index contributed by atoms with van der Waals surface area (Å²) in [4.78, 5) is 23.4. The Morgan fingerprint density at radius 3 is 2.73 bits per heavy atom. The lowest BCUT2D eigenvalue weighted by Gasteiger charge is -2.47. The summed E-state index contributed by atoms with van der Waals surface area (Å²) >= 11 is 0. The summed E-state index contributed by atoms with van der Waals surface area (Å²) < 4.78 is 32.6. The van der Waals surface area contributed by atoms with E-state index in [-0.39, 0.29) is 17.1 Å². The number of methoxy groups -OCH3 is 1. The Morgan fingerprint density at radius 2 is 1.97 bits per heavy atom. The van der Waals surface area contributed by atoms with Gasteiger partial charge in [0.2, 0.25) is 10.0 Å². The van der Waals surface area contributed by atoms with E-state index < -0.39 is 16.1 Å². The molecule has 7 nitrogen and oxygen atoms in total. The molecule has 0 spiro atoms. The molecule has 33 heavy (non-hydrogen) atoms. The van der Waals surface area contributed by atoms with Crippen LogP contribution in [-0.2, 0) is 19.6 Å². The maximum Gasteiger partial charge on any atom is 0.406 e. The fraction of sp³-hybridized carbons (Fsp3) is 0.520. The van der Waals surface area contributed by atoms with Crippen molar-refractivity contribution in [3.63, 3.8) is 0 Å². The van der Waals surface area contributed by atoms with Crippen LogP contribution in [-0.4, -0.2) is 51.3 Å². The van der Waals surface area contributed by atoms with E-state index in [1.54, 1.807) is 34.6 Å². The Hall–Kier alpha value is -2.45. The van der Waals surface area contributed by atoms with E-state index in [4.69, 9.17) is 0 Å². The van der Waals surface area contributed by atoms with Gasteiger partial charge in [0, 0.05) is 31.5 Å². The molecule has 0 bridgehead atoms. The van der Waals surface area contributed by atoms with E-state index in [0.29, 0.717) is 37.4 Å². The minimum Gasteiger partial charge on any atom is -0.453 e. The molecule has 1 aromatic carbocycles. The predicted octanol–water partition coefficient (Wildman–Crippen LogP) is 4.08. The molecule has 1 N–H and O–H groups in total. The highest BCUT2D eigenvalue weighted by Gasteiger charge is 2.46. The third kappa shape index (κ3) is 6.54. The minimum atomic E-state index is -3.56. The molecule has 0 saturated carbocycles. The Kier molecular flexibility index (Phi) is 8.86. The molecule has 1 aliphatic carbocycles. The van der Waals surface area contributed by atoms with Gasteiger partial charge in [0.05, 0.1) is 12.0 Å². The average molecular weight is 475 g/mol. The number of unbranched alkanes of at least 4 members (excludes halogenated alkanes) is 2. The van der Waals surface area contributed by atoms with Crippen LogP contribution in [0.15, 0.2) is 59.5 Å². The first-order valence-electron chi connectivity index (χ1n) is 11.6. The van der Waals surface area contributed by atoms with Gasteiger partial charge in [0.25, 0.3) is 0 Å². The molecule has 8 heteroatoms. The van der Waals surface area contributed by atoms with Crippen LogP contribution >= 0.6 is 0 Å². The lowest BCUT2D eigenvalue weighted by molar-refractivity contribution is -0.117. The van der Waals surface area contributed by atoms with Crippen LogP contribution in [0.25, 0.3) is 0 Å². The van der Waals surface area contributed by atoms with Crippen molar-refractivity contribution in [3.8, 4) is 0 Å². The smallest absolute Gasteiger partial charge is 0.406 e. The standard InChI is InChI=1S/C25H34N2O5S/c1-32-24(29)26-17-10-5-3-2-4-9-15-25-16-13-22(28)19-21(25)14-18-27(20-25)33(30,31)23-11-7-6-8-12-23/h2,4,6-8,11-13,16,21H,3,5,9-10,14-15,17-20H2,1H3,(H,26,29)/b4-2-/t21-,25-/m0/s1. The number of allylic oxidation sites excluding steroid dienone is 3. The molecule has 1 aliphatic heterocycles. The number of alkyl carbamates (subject to hydrolysis) is 1. The summed E-state index contributed by atoms with van der Waals surface area (Å²) in [6.45, 7) is 1.45. The number of rotatable bonds is 10. The molecule has 1 saturated heterocycles. The maximum atomic E-state index is 13.2. The van der Waals surface area contributed by atoms with Gasteiger partial charge in [-0.2, -0.15) is 4.31 Å². The van der Waals surface area contributed by atoms with Crippen molar-refractivity contribution < 1.29 is 22.7 Å². The number of amides is 1. The van der Waals surface area contributed by atoms with Crippen molar-refractivity contribution in [2.75, 3.05) is 26.7 Å². The van der Waals surface area contributed by atoms with Crippen molar-refractivity contribution >= 4 is 21.9 Å². The second-order valence-corrected chi connectivity index (χ2v) is 10.7. The number of ether oxygens (including phenoxy) is 1. The molecule has 2 atom stereocenters. The van der Waals surface area contributed by atoms with Gasteiger partial charge in [-0.1, -0.05) is 36.4 Å². The first-order chi connectivity index (χ1) is 15.9. The van der Waals surface area contributed by atoms with Crippen LogP contribution in [0, 0.1) is 11.3 Å². The highest BCUT2D eigenvalue weighted by molar-refractivity contribution is 7.89. The summed E-state index contributed by atoms with van der Waals surface area (Å²) in [7, 11) is -2.21. The summed E-state index contributed by atoms with van der Waals surface area (Å²) in [6, 6.07) is 8.57. The van der Waals surface area contributed by atoms with Crippen LogP contribution in [0.2, 0.25) is 0 Å². The molecule has 0 unspecified atom stereocenters. The molecule has 2 aliphatic rings. The highest BCUT2D eigenvalue weighted by Crippen LogP contribution is 2.46. The number of ketones is 1. The van der Waals surface area contributed by atoms with Crippen LogP contribution in [0.1, 0.15) is 44.9 Å². The fourth-order valence-corrected chi connectivity index (χ4v) is 6.29. The SMILES string of the molecule is COC(=O)NCCCC/C=C\CC[C@@]12C=CC(=O)C[C@@H]1CCN(S(=O)(=O)c1ccccc1)C2. The third-order valence-corrected chi connectivity index (χ3v) is 8.50. The van der Waals surface area contributed by atoms with Crippen molar-refractivity contribution in [2.24, 2.45) is 11.3 Å². The van der Waals surface area contributed by atoms with Crippen LogP contribution in [0.3, 0.4) is 0 Å². The molecule has 1 heterocycles. The number of piperidine rings is 1. The highest BCUT2D eigenvalue weighted by atomic mass is 32.2. The summed E-state index contributed by atoms with van der Waals surface area (Å²) in [5, 5.41) is 2.67. The average Bonchev–Trinajstić information content (AvgIpc) is 2.83. The molecular weight excluding hydrogens is 440 g/mol. The number of carbonyl (C=O) groups excluding carboxylic acids is 2. The number of nitrogens with zero attached hydrogens (tertiary/aromatic N) is 1. The van der Waals surface area contributed by atoms with Crippen LogP contribution in [0.4, 0.5) is 4.79 Å². The fourth-order valence-electron chi connectivity index (χ4n) is 4.74. The summed E-state index contributed by atoms with van der Waals surface area (Å²) in [5.41, 5.74) is -0.317. The zero-order chi connectivity index (χ0) is 23.7. The maximum absolute atomic E-state index is 13.2. The van der Waals surface area contributed by atoms with Gasteiger partial charge in [-0.25, -0.2) is 13.2 Å². The largest absolute Gasteiger partial charge is 0.453 e. The number of sulfonamides is 1. The van der Waals surface area contributed by atoms with E-state index in [0.717, 1.165) is 32.1 Å². The number of benzene rings is 1. The number of nitrogens with one attached hydrogen (secondary N) is 1. The van der Waals surface area contributed by atoms with E-state index >= 15 is 0 Å². The monoisotopic (exact) mass is 474 g/mol. The van der Waals surface area contributed by atoms with E-state index in [1.807, 2.05) is 12.1 Å². The second-order valence-electron chi connectivity index (χ2n) is 8.80. The number of hydrogen-bond acceptors (Lipinski definition) is 5. The van der Waals surface area contributed by atoms with E-state index in [1.165, 1.54) is 7.11 Å². The van der Waals surface area contributed by atoms with Gasteiger partial charge >= 0.3 is 6.09 Å². The Balaban J connectivity index is 1.58.